The summed E-state index contributed by atoms with van der Waals surface area (Å²) in [4.78, 5) is 29.9. The van der Waals surface area contributed by atoms with Crippen LogP contribution in [0.5, 0.6) is 11.8 Å². The highest BCUT2D eigenvalue weighted by atomic mass is 35.5. The molecular weight excluding hydrogens is 679 g/mol. The molecular formula is C32H36Cl2N8O5S. The third-order valence-electron chi connectivity index (χ3n) is 7.77. The van der Waals surface area contributed by atoms with Gasteiger partial charge in [0.25, 0.3) is 0 Å². The molecule has 1 atom stereocenters. The van der Waals surface area contributed by atoms with E-state index in [0.717, 1.165) is 6.42 Å². The maximum Gasteiger partial charge on any atom is 0.237 e. The number of carbonyl (C=O) groups excluding carboxylic acids is 1. The van der Waals surface area contributed by atoms with E-state index in [9.17, 15) is 13.2 Å². The molecule has 0 saturated carbocycles. The number of rotatable bonds is 15. The summed E-state index contributed by atoms with van der Waals surface area (Å²) in [5.74, 6) is 0.651. The number of nitrogens with zero attached hydrogens (tertiary/aromatic N) is 4. The SMILES string of the molecule is CNS(=O)(=O)CCNCc1ncc(-c2cccc(-c3cccc(-c4cnc(CNC[C@@H]5CCC(=O)N5)c(OC)n4)c3Cl)c2Cl)nc1OC. The minimum atomic E-state index is -3.33. The van der Waals surface area contributed by atoms with Crippen molar-refractivity contribution in [3.8, 4) is 45.4 Å². The fraction of sp³-hybridized carbons (Fsp3) is 0.344. The van der Waals surface area contributed by atoms with Crippen molar-refractivity contribution in [3.05, 3.63) is 70.2 Å². The zero-order valence-corrected chi connectivity index (χ0v) is 29.0. The van der Waals surface area contributed by atoms with Gasteiger partial charge in [-0.2, -0.15) is 0 Å². The van der Waals surface area contributed by atoms with Gasteiger partial charge in [-0.3, -0.25) is 14.8 Å². The molecule has 1 aliphatic heterocycles. The summed E-state index contributed by atoms with van der Waals surface area (Å²) < 4.78 is 36.7. The summed E-state index contributed by atoms with van der Waals surface area (Å²) in [7, 11) is 1.08. The largest absolute Gasteiger partial charge is 0.480 e. The van der Waals surface area contributed by atoms with Gasteiger partial charge < -0.3 is 25.4 Å². The molecule has 4 N–H and O–H groups in total. The quantitative estimate of drug-likeness (QED) is 0.133. The highest BCUT2D eigenvalue weighted by Gasteiger charge is 2.21. The zero-order chi connectivity index (χ0) is 34.3. The molecule has 2 aromatic carbocycles. The first kappa shape index (κ1) is 35.4. The van der Waals surface area contributed by atoms with Crippen LogP contribution in [0.2, 0.25) is 10.0 Å². The van der Waals surface area contributed by atoms with Crippen LogP contribution in [-0.2, 0) is 27.9 Å². The monoisotopic (exact) mass is 714 g/mol. The number of benzene rings is 2. The fourth-order valence-corrected chi connectivity index (χ4v) is 6.48. The van der Waals surface area contributed by atoms with Crippen molar-refractivity contribution in [2.45, 2.75) is 32.0 Å². The molecule has 0 aliphatic carbocycles. The lowest BCUT2D eigenvalue weighted by atomic mass is 9.98. The molecule has 1 amide bonds. The smallest absolute Gasteiger partial charge is 0.237 e. The van der Waals surface area contributed by atoms with Crippen molar-refractivity contribution in [1.29, 1.82) is 0 Å². The topological polar surface area (TPSA) is 169 Å². The number of methoxy groups -OCH3 is 2. The summed E-state index contributed by atoms with van der Waals surface area (Å²) in [6.07, 6.45) is 4.59. The Kier molecular flexibility index (Phi) is 11.8. The summed E-state index contributed by atoms with van der Waals surface area (Å²) in [5, 5.41) is 10.1. The molecule has 0 radical (unpaired) electrons. The third-order valence-corrected chi connectivity index (χ3v) is 9.95. The first-order valence-corrected chi connectivity index (χ1v) is 17.5. The lowest BCUT2D eigenvalue weighted by Crippen LogP contribution is -2.35. The number of hydrogen-bond acceptors (Lipinski definition) is 11. The Hall–Kier alpha value is -3.92. The van der Waals surface area contributed by atoms with Crippen molar-refractivity contribution in [3.63, 3.8) is 0 Å². The molecule has 16 heteroatoms. The summed E-state index contributed by atoms with van der Waals surface area (Å²) in [5.41, 5.74) is 4.80. The Morgan fingerprint density at radius 3 is 1.85 bits per heavy atom. The van der Waals surface area contributed by atoms with Crippen LogP contribution in [0.3, 0.4) is 0 Å². The maximum atomic E-state index is 11.7. The second-order valence-electron chi connectivity index (χ2n) is 10.9. The van der Waals surface area contributed by atoms with Crippen LogP contribution in [-0.4, -0.2) is 80.4 Å². The molecule has 254 valence electrons. The van der Waals surface area contributed by atoms with E-state index in [2.05, 4.69) is 35.6 Å². The Bertz CT molecular complexity index is 1900. The van der Waals surface area contributed by atoms with Gasteiger partial charge in [0, 0.05) is 60.9 Å². The predicted molar refractivity (Wildman–Crippen MR) is 184 cm³/mol. The van der Waals surface area contributed by atoms with E-state index < -0.39 is 10.0 Å². The maximum absolute atomic E-state index is 11.7. The highest BCUT2D eigenvalue weighted by molar-refractivity contribution is 7.89. The van der Waals surface area contributed by atoms with E-state index in [4.69, 9.17) is 37.7 Å². The van der Waals surface area contributed by atoms with Crippen LogP contribution in [0, 0.1) is 0 Å². The molecule has 48 heavy (non-hydrogen) atoms. The van der Waals surface area contributed by atoms with E-state index in [1.165, 1.54) is 21.3 Å². The second-order valence-corrected chi connectivity index (χ2v) is 13.7. The molecule has 13 nitrogen and oxygen atoms in total. The van der Waals surface area contributed by atoms with E-state index in [1.54, 1.807) is 12.4 Å². The van der Waals surface area contributed by atoms with Crippen LogP contribution in [0.25, 0.3) is 33.6 Å². The number of ether oxygens (including phenoxy) is 2. The van der Waals surface area contributed by atoms with Crippen LogP contribution in [0.1, 0.15) is 24.2 Å². The predicted octanol–water partition coefficient (Wildman–Crippen LogP) is 3.60. The Morgan fingerprint density at radius 1 is 0.854 bits per heavy atom. The van der Waals surface area contributed by atoms with Gasteiger partial charge >= 0.3 is 0 Å². The lowest BCUT2D eigenvalue weighted by molar-refractivity contribution is -0.119. The average molecular weight is 716 g/mol. The Balaban J connectivity index is 1.36. The van der Waals surface area contributed by atoms with Crippen molar-refractivity contribution >= 4 is 39.1 Å². The minimum Gasteiger partial charge on any atom is -0.480 e. The second kappa shape index (κ2) is 16.0. The van der Waals surface area contributed by atoms with E-state index in [0.29, 0.717) is 80.5 Å². The fourth-order valence-electron chi connectivity index (χ4n) is 5.21. The third kappa shape index (κ3) is 8.38. The van der Waals surface area contributed by atoms with Gasteiger partial charge in [0.2, 0.25) is 27.7 Å². The van der Waals surface area contributed by atoms with Gasteiger partial charge in [-0.25, -0.2) is 23.1 Å². The number of sulfonamides is 1. The summed E-state index contributed by atoms with van der Waals surface area (Å²) >= 11 is 14.0. The molecule has 4 aromatic rings. The van der Waals surface area contributed by atoms with Gasteiger partial charge in [0.1, 0.15) is 11.4 Å². The normalized spacial score (nSPS) is 14.6. The molecule has 0 bridgehead atoms. The van der Waals surface area contributed by atoms with Gasteiger partial charge in [0.15, 0.2) is 0 Å². The number of nitrogens with one attached hydrogen (secondary N) is 4. The number of halogens is 2. The van der Waals surface area contributed by atoms with Crippen LogP contribution < -0.4 is 30.1 Å². The molecule has 1 saturated heterocycles. The van der Waals surface area contributed by atoms with E-state index >= 15 is 0 Å². The van der Waals surface area contributed by atoms with Crippen molar-refractivity contribution < 1.29 is 22.7 Å². The van der Waals surface area contributed by atoms with Gasteiger partial charge in [-0.05, 0) is 13.5 Å². The van der Waals surface area contributed by atoms with E-state index in [-0.39, 0.29) is 36.7 Å². The van der Waals surface area contributed by atoms with Crippen molar-refractivity contribution in [2.75, 3.05) is 40.1 Å². The molecule has 5 rings (SSSR count). The van der Waals surface area contributed by atoms with Crippen molar-refractivity contribution in [2.24, 2.45) is 0 Å². The number of aromatic nitrogens is 4. The van der Waals surface area contributed by atoms with Crippen LogP contribution >= 0.6 is 23.2 Å². The highest BCUT2D eigenvalue weighted by Crippen LogP contribution is 2.42. The first-order chi connectivity index (χ1) is 23.1. The molecule has 0 spiro atoms. The van der Waals surface area contributed by atoms with Gasteiger partial charge in [-0.15, -0.1) is 0 Å². The number of carbonyl (C=O) groups is 1. The van der Waals surface area contributed by atoms with Crippen LogP contribution in [0.4, 0.5) is 0 Å². The van der Waals surface area contributed by atoms with Crippen molar-refractivity contribution in [1.82, 2.24) is 40.6 Å². The molecule has 1 aliphatic rings. The summed E-state index contributed by atoms with van der Waals surface area (Å²) in [6, 6.07) is 11.2. The Labute approximate surface area is 289 Å². The Morgan fingerprint density at radius 2 is 1.38 bits per heavy atom. The van der Waals surface area contributed by atoms with Gasteiger partial charge in [0.05, 0.1) is 53.8 Å². The minimum absolute atomic E-state index is 0.0714. The van der Waals surface area contributed by atoms with E-state index in [1.807, 2.05) is 36.4 Å². The zero-order valence-electron chi connectivity index (χ0n) is 26.6. The standard InChI is InChI=1S/C32H36Cl2N8O5S/c1-35-48(44,45)13-12-36-15-26-31(46-2)41-24(17-38-26)22-8-4-6-20(29(22)33)21-7-5-9-23(30(21)34)25-18-39-27(32(42-25)47-3)16-37-14-19-10-11-28(43)40-19/h4-9,17-19,35-37H,10-16H2,1-3H3,(H,40,43)/t19-/m0/s1. The number of hydrogen-bond donors (Lipinski definition) is 4. The van der Waals surface area contributed by atoms with Gasteiger partial charge in [-0.1, -0.05) is 59.6 Å². The summed E-state index contributed by atoms with van der Waals surface area (Å²) in [6.45, 7) is 1.53. The first-order valence-electron chi connectivity index (χ1n) is 15.1. The average Bonchev–Trinajstić information content (AvgIpc) is 3.51. The molecule has 2 aromatic heterocycles. The molecule has 0 unspecified atom stereocenters. The lowest BCUT2D eigenvalue weighted by Gasteiger charge is -2.15. The number of amides is 1. The molecule has 1 fully saturated rings. The molecule has 3 heterocycles. The van der Waals surface area contributed by atoms with Crippen LogP contribution in [0.15, 0.2) is 48.8 Å².